The number of pyridine rings is 1. The first kappa shape index (κ1) is 20.1. The zero-order chi connectivity index (χ0) is 18.6. The number of aromatic nitrogens is 3. The van der Waals surface area contributed by atoms with Gasteiger partial charge < -0.3 is 10.3 Å². The molecule has 140 valence electrons. The van der Waals surface area contributed by atoms with E-state index in [1.165, 1.54) is 43.3 Å². The van der Waals surface area contributed by atoms with Crippen molar-refractivity contribution in [3.63, 3.8) is 0 Å². The average Bonchev–Trinajstić information content (AvgIpc) is 3.08. The molecule has 0 radical (unpaired) electrons. The molecule has 0 bridgehead atoms. The van der Waals surface area contributed by atoms with E-state index in [4.69, 9.17) is 5.73 Å². The molecule has 3 aromatic rings. The van der Waals surface area contributed by atoms with Gasteiger partial charge in [0.25, 0.3) is 0 Å². The molecular weight excluding hydrogens is 320 g/mol. The number of aryl methyl sites for hydroxylation is 1. The van der Waals surface area contributed by atoms with Crippen LogP contribution < -0.4 is 5.73 Å². The quantitative estimate of drug-likeness (QED) is 0.582. The SMILES string of the molecule is CCCCCCCc1nccn1CC(C)N.c1ccc2ncccc2c1. The van der Waals surface area contributed by atoms with Gasteiger partial charge in [-0.2, -0.15) is 0 Å². The summed E-state index contributed by atoms with van der Waals surface area (Å²) in [5.41, 5.74) is 6.86. The lowest BCUT2D eigenvalue weighted by Gasteiger charge is -2.10. The molecule has 0 aliphatic heterocycles. The summed E-state index contributed by atoms with van der Waals surface area (Å²) in [4.78, 5) is 8.58. The summed E-state index contributed by atoms with van der Waals surface area (Å²) in [7, 11) is 0. The fourth-order valence-electron chi connectivity index (χ4n) is 2.95. The number of hydrogen-bond acceptors (Lipinski definition) is 3. The molecule has 1 unspecified atom stereocenters. The lowest BCUT2D eigenvalue weighted by atomic mass is 10.1. The maximum Gasteiger partial charge on any atom is 0.108 e. The second-order valence-electron chi connectivity index (χ2n) is 6.83. The monoisotopic (exact) mass is 352 g/mol. The van der Waals surface area contributed by atoms with E-state index in [0.29, 0.717) is 0 Å². The van der Waals surface area contributed by atoms with Gasteiger partial charge >= 0.3 is 0 Å². The van der Waals surface area contributed by atoms with Crippen LogP contribution in [0.25, 0.3) is 10.9 Å². The van der Waals surface area contributed by atoms with Gasteiger partial charge in [-0.1, -0.05) is 56.9 Å². The van der Waals surface area contributed by atoms with Gasteiger partial charge in [0, 0.05) is 43.0 Å². The highest BCUT2D eigenvalue weighted by Gasteiger charge is 2.04. The largest absolute Gasteiger partial charge is 0.333 e. The Bertz CT molecular complexity index is 683. The van der Waals surface area contributed by atoms with Crippen LogP contribution in [0.4, 0.5) is 0 Å². The first-order valence-electron chi connectivity index (χ1n) is 9.76. The van der Waals surface area contributed by atoms with Crippen molar-refractivity contribution in [2.24, 2.45) is 5.73 Å². The summed E-state index contributed by atoms with van der Waals surface area (Å²) >= 11 is 0. The second-order valence-corrected chi connectivity index (χ2v) is 6.83. The van der Waals surface area contributed by atoms with Crippen LogP contribution in [-0.2, 0) is 13.0 Å². The van der Waals surface area contributed by atoms with Crippen molar-refractivity contribution in [1.29, 1.82) is 0 Å². The summed E-state index contributed by atoms with van der Waals surface area (Å²) in [6, 6.07) is 12.3. The van der Waals surface area contributed by atoms with Gasteiger partial charge in [-0.25, -0.2) is 4.98 Å². The van der Waals surface area contributed by atoms with E-state index in [1.807, 2.05) is 49.8 Å². The van der Waals surface area contributed by atoms with Gasteiger partial charge in [0.2, 0.25) is 0 Å². The minimum Gasteiger partial charge on any atom is -0.333 e. The van der Waals surface area contributed by atoms with Gasteiger partial charge in [0.15, 0.2) is 0 Å². The Morgan fingerprint density at radius 2 is 1.73 bits per heavy atom. The highest BCUT2D eigenvalue weighted by Crippen LogP contribution is 2.09. The maximum absolute atomic E-state index is 5.80. The molecule has 4 nitrogen and oxygen atoms in total. The molecule has 2 aromatic heterocycles. The molecule has 0 saturated carbocycles. The van der Waals surface area contributed by atoms with E-state index in [0.717, 1.165) is 18.5 Å². The Hall–Kier alpha value is -2.20. The molecule has 0 amide bonds. The molecule has 4 heteroatoms. The summed E-state index contributed by atoms with van der Waals surface area (Å²) in [6.45, 7) is 5.16. The number of para-hydroxylation sites is 1. The van der Waals surface area contributed by atoms with Crippen LogP contribution >= 0.6 is 0 Å². The molecule has 3 rings (SSSR count). The third-order valence-electron chi connectivity index (χ3n) is 4.30. The van der Waals surface area contributed by atoms with Crippen molar-refractivity contribution in [3.05, 3.63) is 60.8 Å². The third kappa shape index (κ3) is 6.96. The van der Waals surface area contributed by atoms with Gasteiger partial charge in [0.1, 0.15) is 5.82 Å². The van der Waals surface area contributed by atoms with E-state index in [1.54, 1.807) is 0 Å². The topological polar surface area (TPSA) is 56.7 Å². The molecule has 1 aromatic carbocycles. The van der Waals surface area contributed by atoms with Crippen LogP contribution in [0.2, 0.25) is 0 Å². The van der Waals surface area contributed by atoms with Crippen LogP contribution in [-0.4, -0.2) is 20.6 Å². The molecule has 0 fully saturated rings. The molecule has 2 N–H and O–H groups in total. The van der Waals surface area contributed by atoms with Gasteiger partial charge in [-0.3, -0.25) is 4.98 Å². The van der Waals surface area contributed by atoms with Gasteiger partial charge in [-0.05, 0) is 25.5 Å². The molecule has 0 aliphatic rings. The fourth-order valence-corrected chi connectivity index (χ4v) is 2.95. The standard InChI is InChI=1S/C13H25N3.C9H7N/c1-3-4-5-6-7-8-13-15-9-10-16(13)11-12(2)14;1-2-6-9-8(4-1)5-3-7-10-9/h9-10,12H,3-8,11,14H2,1-2H3;1-7H. The Morgan fingerprint density at radius 3 is 2.50 bits per heavy atom. The Kier molecular flexibility index (Phi) is 8.84. The molecular formula is C22H32N4. The van der Waals surface area contributed by atoms with Crippen LogP contribution in [0.15, 0.2) is 55.0 Å². The normalized spacial score (nSPS) is 11.8. The smallest absolute Gasteiger partial charge is 0.108 e. The van der Waals surface area contributed by atoms with E-state index >= 15 is 0 Å². The summed E-state index contributed by atoms with van der Waals surface area (Å²) in [6.07, 6.45) is 13.4. The third-order valence-corrected chi connectivity index (χ3v) is 4.30. The number of unbranched alkanes of at least 4 members (excludes halogenated alkanes) is 4. The van der Waals surface area contributed by atoms with Crippen LogP contribution in [0, 0.1) is 0 Å². The van der Waals surface area contributed by atoms with Crippen LogP contribution in [0.3, 0.4) is 0 Å². The number of benzene rings is 1. The number of nitrogens with two attached hydrogens (primary N) is 1. The van der Waals surface area contributed by atoms with Gasteiger partial charge in [-0.15, -0.1) is 0 Å². The van der Waals surface area contributed by atoms with E-state index in [9.17, 15) is 0 Å². The molecule has 0 saturated heterocycles. The van der Waals surface area contributed by atoms with Crippen molar-refractivity contribution in [2.75, 3.05) is 0 Å². The molecule has 0 aliphatic carbocycles. The Morgan fingerprint density at radius 1 is 0.962 bits per heavy atom. The van der Waals surface area contributed by atoms with E-state index < -0.39 is 0 Å². The molecule has 2 heterocycles. The van der Waals surface area contributed by atoms with Crippen molar-refractivity contribution in [1.82, 2.24) is 14.5 Å². The fraction of sp³-hybridized carbons (Fsp3) is 0.455. The second kappa shape index (κ2) is 11.4. The lowest BCUT2D eigenvalue weighted by molar-refractivity contribution is 0.550. The number of nitrogens with zero attached hydrogens (tertiary/aromatic N) is 3. The van der Waals surface area contributed by atoms with Crippen molar-refractivity contribution in [3.8, 4) is 0 Å². The van der Waals surface area contributed by atoms with Gasteiger partial charge in [0.05, 0.1) is 5.52 Å². The van der Waals surface area contributed by atoms with E-state index in [2.05, 4.69) is 33.6 Å². The summed E-state index contributed by atoms with van der Waals surface area (Å²) < 4.78 is 2.19. The predicted octanol–water partition coefficient (Wildman–Crippen LogP) is 4.98. The first-order valence-corrected chi connectivity index (χ1v) is 9.76. The van der Waals surface area contributed by atoms with Crippen LogP contribution in [0.1, 0.15) is 51.8 Å². The number of imidazole rings is 1. The minimum atomic E-state index is 0.202. The minimum absolute atomic E-state index is 0.202. The molecule has 1 atom stereocenters. The maximum atomic E-state index is 5.80. The van der Waals surface area contributed by atoms with Crippen molar-refractivity contribution in [2.45, 2.75) is 65.0 Å². The Labute approximate surface area is 157 Å². The van der Waals surface area contributed by atoms with Crippen molar-refractivity contribution < 1.29 is 0 Å². The first-order chi connectivity index (χ1) is 12.7. The number of rotatable bonds is 8. The summed E-state index contributed by atoms with van der Waals surface area (Å²) in [5.74, 6) is 1.19. The van der Waals surface area contributed by atoms with Crippen molar-refractivity contribution >= 4 is 10.9 Å². The Balaban J connectivity index is 0.000000206. The molecule has 0 spiro atoms. The van der Waals surface area contributed by atoms with Crippen LogP contribution in [0.5, 0.6) is 0 Å². The zero-order valence-corrected chi connectivity index (χ0v) is 16.1. The van der Waals surface area contributed by atoms with E-state index in [-0.39, 0.29) is 6.04 Å². The number of hydrogen-bond donors (Lipinski definition) is 1. The lowest BCUT2D eigenvalue weighted by Crippen LogP contribution is -2.22. The predicted molar refractivity (Wildman–Crippen MR) is 110 cm³/mol. The average molecular weight is 353 g/mol. The highest BCUT2D eigenvalue weighted by atomic mass is 15.1. The zero-order valence-electron chi connectivity index (χ0n) is 16.1. The molecule has 26 heavy (non-hydrogen) atoms. The highest BCUT2D eigenvalue weighted by molar-refractivity contribution is 5.77. The summed E-state index contributed by atoms with van der Waals surface area (Å²) in [5, 5.41) is 1.20. The number of fused-ring (bicyclic) bond motifs is 1.